The predicted octanol–water partition coefficient (Wildman–Crippen LogP) is 4.70. The van der Waals surface area contributed by atoms with Crippen molar-refractivity contribution in [2.45, 2.75) is 89.4 Å². The van der Waals surface area contributed by atoms with Crippen LogP contribution in [0.25, 0.3) is 0 Å². The molecule has 4 unspecified atom stereocenters. The number of hydrogen-bond acceptors (Lipinski definition) is 1. The molecule has 4 atom stereocenters. The molecular weight excluding hydrogens is 309 g/mol. The quantitative estimate of drug-likeness (QED) is 0.660. The SMILES string of the molecule is CC[Si](C)(C)C(C)[SiH](C)[SiH](C)C(C)[Si](C)(C)CC.CO. The van der Waals surface area contributed by atoms with Gasteiger partial charge in [-0.2, -0.15) is 0 Å². The molecule has 1 N–H and O–H groups in total. The fourth-order valence-corrected chi connectivity index (χ4v) is 39.2. The van der Waals surface area contributed by atoms with Crippen LogP contribution in [0.4, 0.5) is 0 Å². The minimum atomic E-state index is -0.910. The third-order valence-corrected chi connectivity index (χ3v) is 39.4. The molecule has 0 rings (SSSR count). The molecule has 0 fully saturated rings. The summed E-state index contributed by atoms with van der Waals surface area (Å²) in [7, 11) is -1.76. The van der Waals surface area contributed by atoms with Gasteiger partial charge in [-0.25, -0.2) is 0 Å². The summed E-state index contributed by atoms with van der Waals surface area (Å²) >= 11 is 0. The van der Waals surface area contributed by atoms with Crippen molar-refractivity contribution >= 4 is 32.8 Å². The largest absolute Gasteiger partial charge is 0.400 e. The van der Waals surface area contributed by atoms with Crippen LogP contribution in [0, 0.1) is 0 Å². The standard InChI is InChI=1S/C14H38Si4.CH4O/c1-11-17(7,8)13(3)15(5)16(6)14(4)18(9,10)12-2;1-2/h13-16H,11-12H2,1-10H3;2H,1H3. The van der Waals surface area contributed by atoms with Gasteiger partial charge in [0.2, 0.25) is 0 Å². The van der Waals surface area contributed by atoms with E-state index in [0.29, 0.717) is 0 Å². The number of rotatable bonds is 7. The zero-order valence-corrected chi connectivity index (χ0v) is 20.5. The summed E-state index contributed by atoms with van der Waals surface area (Å²) in [6.07, 6.45) is 0. The molecule has 1 nitrogen and oxygen atoms in total. The van der Waals surface area contributed by atoms with Crippen molar-refractivity contribution in [2.24, 2.45) is 0 Å². The van der Waals surface area contributed by atoms with Gasteiger partial charge in [0.1, 0.15) is 0 Å². The van der Waals surface area contributed by atoms with Gasteiger partial charge in [0.15, 0.2) is 0 Å². The summed E-state index contributed by atoms with van der Waals surface area (Å²) in [5.74, 6) is 0. The summed E-state index contributed by atoms with van der Waals surface area (Å²) in [6, 6.07) is 2.96. The molecule has 0 saturated carbocycles. The molecule has 0 amide bonds. The lowest BCUT2D eigenvalue weighted by Crippen LogP contribution is -2.51. The fourth-order valence-electron chi connectivity index (χ4n) is 2.98. The molecule has 124 valence electrons. The Morgan fingerprint density at radius 2 is 0.950 bits per heavy atom. The van der Waals surface area contributed by atoms with Crippen LogP contribution in [0.2, 0.25) is 61.7 Å². The van der Waals surface area contributed by atoms with Gasteiger partial charge in [-0.3, -0.25) is 0 Å². The zero-order valence-electron chi connectivity index (χ0n) is 16.2. The smallest absolute Gasteiger partial charge is 0.0468 e. The van der Waals surface area contributed by atoms with Crippen LogP contribution >= 0.6 is 0 Å². The van der Waals surface area contributed by atoms with Crippen molar-refractivity contribution in [2.75, 3.05) is 7.11 Å². The molecule has 0 heterocycles. The molecule has 0 aromatic rings. The Morgan fingerprint density at radius 3 is 1.10 bits per heavy atom. The van der Waals surface area contributed by atoms with Crippen LogP contribution < -0.4 is 0 Å². The van der Waals surface area contributed by atoms with Gasteiger partial charge in [-0.05, 0) is 0 Å². The minimum absolute atomic E-state index is 0.469. The Kier molecular flexibility index (Phi) is 11.3. The normalized spacial score (nSPS) is 18.6. The highest BCUT2D eigenvalue weighted by Gasteiger charge is 2.39. The molecule has 20 heavy (non-hydrogen) atoms. The Balaban J connectivity index is 0. The van der Waals surface area contributed by atoms with E-state index in [2.05, 4.69) is 67.0 Å². The average molecular weight is 351 g/mol. The molecule has 0 aromatic heterocycles. The lowest BCUT2D eigenvalue weighted by atomic mass is 10.9. The third kappa shape index (κ3) is 6.30. The molecule has 0 aliphatic rings. The van der Waals surface area contributed by atoms with Crippen molar-refractivity contribution in [1.82, 2.24) is 0 Å². The monoisotopic (exact) mass is 350 g/mol. The Bertz CT molecular complexity index is 230. The van der Waals surface area contributed by atoms with Gasteiger partial charge < -0.3 is 5.11 Å². The molecule has 0 aliphatic carbocycles. The van der Waals surface area contributed by atoms with Gasteiger partial charge in [-0.15, -0.1) is 0 Å². The molecule has 0 aromatic carbocycles. The first-order valence-corrected chi connectivity index (χ1v) is 21.3. The Morgan fingerprint density at radius 1 is 0.750 bits per heavy atom. The minimum Gasteiger partial charge on any atom is -0.400 e. The van der Waals surface area contributed by atoms with Crippen LogP contribution in [0.3, 0.4) is 0 Å². The van der Waals surface area contributed by atoms with Gasteiger partial charge in [0.05, 0.1) is 0 Å². The number of aliphatic hydroxyl groups excluding tert-OH is 1. The third-order valence-electron chi connectivity index (χ3n) is 6.69. The molecule has 0 saturated heterocycles. The van der Waals surface area contributed by atoms with Crippen molar-refractivity contribution in [3.63, 3.8) is 0 Å². The molecule has 5 heteroatoms. The zero-order chi connectivity index (χ0) is 16.7. The summed E-state index contributed by atoms with van der Waals surface area (Å²) in [6.45, 7) is 26.1. The van der Waals surface area contributed by atoms with Gasteiger partial charge in [0.25, 0.3) is 0 Å². The van der Waals surface area contributed by atoms with E-state index in [-0.39, 0.29) is 0 Å². The predicted molar refractivity (Wildman–Crippen MR) is 109 cm³/mol. The van der Waals surface area contributed by atoms with Crippen LogP contribution in [-0.2, 0) is 0 Å². The van der Waals surface area contributed by atoms with Gasteiger partial charge in [-0.1, -0.05) is 89.4 Å². The van der Waals surface area contributed by atoms with E-state index in [1.807, 2.05) is 0 Å². The van der Waals surface area contributed by atoms with Crippen molar-refractivity contribution in [3.05, 3.63) is 0 Å². The highest BCUT2D eigenvalue weighted by atomic mass is 29.2. The molecule has 0 bridgehead atoms. The van der Waals surface area contributed by atoms with Crippen LogP contribution in [-0.4, -0.2) is 45.0 Å². The maximum atomic E-state index is 7.00. The lowest BCUT2D eigenvalue weighted by Gasteiger charge is -2.41. The van der Waals surface area contributed by atoms with Crippen LogP contribution in [0.5, 0.6) is 0 Å². The van der Waals surface area contributed by atoms with E-state index >= 15 is 0 Å². The van der Waals surface area contributed by atoms with E-state index in [1.165, 1.54) is 12.1 Å². The summed E-state index contributed by atoms with van der Waals surface area (Å²) in [5, 5.41) is 9.29. The van der Waals surface area contributed by atoms with E-state index in [1.54, 1.807) is 0 Å². The fraction of sp³-hybridized carbons (Fsp3) is 1.00. The maximum Gasteiger partial charge on any atom is 0.0468 e. The van der Waals surface area contributed by atoms with Crippen molar-refractivity contribution in [1.29, 1.82) is 0 Å². The van der Waals surface area contributed by atoms with Crippen molar-refractivity contribution in [3.8, 4) is 0 Å². The maximum absolute atomic E-state index is 7.00. The first-order chi connectivity index (χ1) is 9.01. The average Bonchev–Trinajstić information content (AvgIpc) is 2.45. The summed E-state index contributed by atoms with van der Waals surface area (Å²) in [5.41, 5.74) is 0. The second-order valence-electron chi connectivity index (χ2n) is 7.98. The van der Waals surface area contributed by atoms with Gasteiger partial charge in [0, 0.05) is 39.9 Å². The van der Waals surface area contributed by atoms with E-state index in [9.17, 15) is 0 Å². The Labute approximate surface area is 134 Å². The summed E-state index contributed by atoms with van der Waals surface area (Å²) < 4.78 is 0. The van der Waals surface area contributed by atoms with Gasteiger partial charge >= 0.3 is 0 Å². The second-order valence-corrected chi connectivity index (χ2v) is 32.2. The molecular formula is C15H42OSi4. The lowest BCUT2D eigenvalue weighted by molar-refractivity contribution is 0.399. The number of hydrogen-bond donors (Lipinski definition) is 1. The van der Waals surface area contributed by atoms with Crippen molar-refractivity contribution < 1.29 is 5.11 Å². The first-order valence-electron chi connectivity index (χ1n) is 8.46. The second kappa shape index (κ2) is 9.77. The molecule has 0 spiro atoms. The summed E-state index contributed by atoms with van der Waals surface area (Å²) in [4.78, 5) is 0. The first kappa shape index (κ1) is 23.1. The highest BCUT2D eigenvalue weighted by Crippen LogP contribution is 2.34. The van der Waals surface area contributed by atoms with E-state index in [0.717, 1.165) is 17.4 Å². The topological polar surface area (TPSA) is 20.2 Å². The Hall–Kier alpha value is 0.828. The molecule has 0 radical (unpaired) electrons. The molecule has 0 aliphatic heterocycles. The van der Waals surface area contributed by atoms with E-state index < -0.39 is 32.8 Å². The van der Waals surface area contributed by atoms with E-state index in [4.69, 9.17) is 5.11 Å². The van der Waals surface area contributed by atoms with Crippen LogP contribution in [0.15, 0.2) is 0 Å². The van der Waals surface area contributed by atoms with Crippen LogP contribution in [0.1, 0.15) is 27.7 Å². The number of aliphatic hydroxyl groups is 1. The highest BCUT2D eigenvalue weighted by molar-refractivity contribution is 7.29.